The number of pyridine rings is 1. The fraction of sp³-hybridized carbons (Fsp3) is 0.143. The van der Waals surface area contributed by atoms with Crippen LogP contribution in [0.25, 0.3) is 5.69 Å². The van der Waals surface area contributed by atoms with E-state index in [0.717, 1.165) is 27.9 Å². The minimum atomic E-state index is -0.811. The molecule has 0 saturated heterocycles. The molecule has 5 aromatic rings. The molecule has 0 amide bonds. The highest BCUT2D eigenvalue weighted by molar-refractivity contribution is 5.70. The van der Waals surface area contributed by atoms with E-state index in [-0.39, 0.29) is 24.6 Å². The molecule has 40 heavy (non-hydrogen) atoms. The Hall–Kier alpha value is -4.74. The Morgan fingerprint density at radius 2 is 1.20 bits per heavy atom. The van der Waals surface area contributed by atoms with Gasteiger partial charge in [0.25, 0.3) is 5.56 Å². The molecule has 1 unspecified atom stereocenters. The molecule has 1 N–H and O–H groups in total. The largest absolute Gasteiger partial charge is 0.466 e. The average Bonchev–Trinajstić information content (AvgIpc) is 3.01. The van der Waals surface area contributed by atoms with Crippen LogP contribution in [0, 0.1) is 0 Å². The highest BCUT2D eigenvalue weighted by Gasteiger charge is 2.39. The minimum Gasteiger partial charge on any atom is -0.466 e. The topological polar surface area (TPSA) is 60.3 Å². The molecule has 200 valence electrons. The Morgan fingerprint density at radius 3 is 1.68 bits per heavy atom. The standard InChI is InChI=1S/C35H32N2O3/c1-2-40-34(39)25-32(27-23-24-33(38)37(26-27)31-21-13-6-14-22-31)36-35(28-15-7-3-8-16-28,29-17-9-4-10-18-29)30-19-11-5-12-20-30/h3-24,26,32,36H,2,25H2,1H3. The molecule has 1 atom stereocenters. The van der Waals surface area contributed by atoms with E-state index in [0.29, 0.717) is 0 Å². The number of benzene rings is 4. The highest BCUT2D eigenvalue weighted by Crippen LogP contribution is 2.39. The van der Waals surface area contributed by atoms with E-state index in [1.807, 2.05) is 91.1 Å². The van der Waals surface area contributed by atoms with Crippen molar-refractivity contribution >= 4 is 5.97 Å². The Bertz CT molecular complexity index is 1490. The molecule has 5 rings (SSSR count). The van der Waals surface area contributed by atoms with Gasteiger partial charge in [-0.1, -0.05) is 115 Å². The van der Waals surface area contributed by atoms with E-state index in [4.69, 9.17) is 4.74 Å². The molecule has 1 heterocycles. The lowest BCUT2D eigenvalue weighted by Crippen LogP contribution is -2.47. The van der Waals surface area contributed by atoms with Gasteiger partial charge in [-0.2, -0.15) is 0 Å². The molecule has 4 aromatic carbocycles. The summed E-state index contributed by atoms with van der Waals surface area (Å²) < 4.78 is 7.03. The lowest BCUT2D eigenvalue weighted by Gasteiger charge is -2.40. The van der Waals surface area contributed by atoms with E-state index >= 15 is 0 Å². The number of para-hydroxylation sites is 1. The predicted molar refractivity (Wildman–Crippen MR) is 158 cm³/mol. The predicted octanol–water partition coefficient (Wildman–Crippen LogP) is 6.41. The first-order valence-electron chi connectivity index (χ1n) is 13.5. The summed E-state index contributed by atoms with van der Waals surface area (Å²) in [6, 6.07) is 43.0. The van der Waals surface area contributed by atoms with Crippen LogP contribution in [0.15, 0.2) is 144 Å². The van der Waals surface area contributed by atoms with Crippen molar-refractivity contribution in [1.82, 2.24) is 9.88 Å². The summed E-state index contributed by atoms with van der Waals surface area (Å²) in [4.78, 5) is 25.9. The van der Waals surface area contributed by atoms with Gasteiger partial charge in [0, 0.05) is 24.0 Å². The van der Waals surface area contributed by atoms with Gasteiger partial charge in [0.15, 0.2) is 0 Å². The van der Waals surface area contributed by atoms with E-state index in [1.165, 1.54) is 0 Å². The fourth-order valence-corrected chi connectivity index (χ4v) is 5.21. The Labute approximate surface area is 234 Å². The van der Waals surface area contributed by atoms with Gasteiger partial charge in [0.05, 0.1) is 18.6 Å². The first kappa shape index (κ1) is 26.9. The van der Waals surface area contributed by atoms with Crippen molar-refractivity contribution in [2.45, 2.75) is 24.9 Å². The second-order valence-corrected chi connectivity index (χ2v) is 9.56. The summed E-state index contributed by atoms with van der Waals surface area (Å²) in [5, 5.41) is 3.90. The van der Waals surface area contributed by atoms with E-state index in [1.54, 1.807) is 23.6 Å². The molecule has 0 radical (unpaired) electrons. The first-order valence-corrected chi connectivity index (χ1v) is 13.5. The molecule has 0 bridgehead atoms. The maximum atomic E-state index is 13.0. The van der Waals surface area contributed by atoms with Gasteiger partial charge in [0.2, 0.25) is 0 Å². The van der Waals surface area contributed by atoms with Crippen molar-refractivity contribution in [2.24, 2.45) is 0 Å². The number of hydrogen-bond acceptors (Lipinski definition) is 4. The molecule has 0 fully saturated rings. The maximum absolute atomic E-state index is 13.0. The quantitative estimate of drug-likeness (QED) is 0.168. The third kappa shape index (κ3) is 5.65. The number of aromatic nitrogens is 1. The number of hydrogen-bond donors (Lipinski definition) is 1. The summed E-state index contributed by atoms with van der Waals surface area (Å²) >= 11 is 0. The van der Waals surface area contributed by atoms with Crippen LogP contribution >= 0.6 is 0 Å². The van der Waals surface area contributed by atoms with Gasteiger partial charge in [0.1, 0.15) is 0 Å². The van der Waals surface area contributed by atoms with Crippen LogP contribution in [0.2, 0.25) is 0 Å². The number of rotatable bonds is 10. The Morgan fingerprint density at radius 1 is 0.725 bits per heavy atom. The normalized spacial score (nSPS) is 12.0. The van der Waals surface area contributed by atoms with Gasteiger partial charge in [-0.05, 0) is 41.3 Å². The van der Waals surface area contributed by atoms with Crippen molar-refractivity contribution in [2.75, 3.05) is 6.61 Å². The Kier molecular flexibility index (Phi) is 8.33. The molecule has 0 spiro atoms. The molecule has 0 saturated carbocycles. The van der Waals surface area contributed by atoms with Gasteiger partial charge in [-0.15, -0.1) is 0 Å². The van der Waals surface area contributed by atoms with Crippen molar-refractivity contribution in [3.05, 3.63) is 172 Å². The van der Waals surface area contributed by atoms with Gasteiger partial charge >= 0.3 is 5.97 Å². The van der Waals surface area contributed by atoms with E-state index < -0.39 is 11.6 Å². The van der Waals surface area contributed by atoms with Gasteiger partial charge < -0.3 is 4.74 Å². The van der Waals surface area contributed by atoms with Gasteiger partial charge in [-0.3, -0.25) is 19.5 Å². The zero-order valence-corrected chi connectivity index (χ0v) is 22.4. The van der Waals surface area contributed by atoms with Crippen molar-refractivity contribution in [1.29, 1.82) is 0 Å². The van der Waals surface area contributed by atoms with Crippen LogP contribution < -0.4 is 10.9 Å². The average molecular weight is 529 g/mol. The summed E-state index contributed by atoms with van der Waals surface area (Å²) in [7, 11) is 0. The minimum absolute atomic E-state index is 0.0785. The SMILES string of the molecule is CCOC(=O)CC(NC(c1ccccc1)(c1ccccc1)c1ccccc1)c1ccc(=O)n(-c2ccccc2)c1. The molecule has 0 aliphatic carbocycles. The van der Waals surface area contributed by atoms with Crippen LogP contribution in [0.3, 0.4) is 0 Å². The first-order chi connectivity index (χ1) is 19.6. The van der Waals surface area contributed by atoms with E-state index in [9.17, 15) is 9.59 Å². The van der Waals surface area contributed by atoms with Crippen molar-refractivity contribution in [3.8, 4) is 5.69 Å². The number of carbonyl (C=O) groups is 1. The maximum Gasteiger partial charge on any atom is 0.307 e. The molecular weight excluding hydrogens is 496 g/mol. The summed E-state index contributed by atoms with van der Waals surface area (Å²) in [5.74, 6) is -0.319. The van der Waals surface area contributed by atoms with Crippen LogP contribution in [-0.2, 0) is 15.1 Å². The zero-order valence-electron chi connectivity index (χ0n) is 22.4. The second-order valence-electron chi connectivity index (χ2n) is 9.56. The highest BCUT2D eigenvalue weighted by atomic mass is 16.5. The second kappa shape index (κ2) is 12.4. The molecule has 5 heteroatoms. The van der Waals surface area contributed by atoms with Crippen LogP contribution in [-0.4, -0.2) is 17.1 Å². The number of nitrogens with zero attached hydrogens (tertiary/aromatic N) is 1. The number of esters is 1. The monoisotopic (exact) mass is 528 g/mol. The molecule has 1 aromatic heterocycles. The lowest BCUT2D eigenvalue weighted by molar-refractivity contribution is -0.143. The summed E-state index contributed by atoms with van der Waals surface area (Å²) in [5.41, 5.74) is 3.67. The fourth-order valence-electron chi connectivity index (χ4n) is 5.21. The van der Waals surface area contributed by atoms with E-state index in [2.05, 4.69) is 41.7 Å². The number of nitrogens with one attached hydrogen (secondary N) is 1. The molecular formula is C35H32N2O3. The lowest BCUT2D eigenvalue weighted by atomic mass is 9.76. The van der Waals surface area contributed by atoms with Gasteiger partial charge in [-0.25, -0.2) is 0 Å². The Balaban J connectivity index is 1.72. The molecule has 0 aliphatic rings. The smallest absolute Gasteiger partial charge is 0.307 e. The summed E-state index contributed by atoms with van der Waals surface area (Å²) in [6.07, 6.45) is 1.90. The van der Waals surface area contributed by atoms with Crippen LogP contribution in [0.4, 0.5) is 0 Å². The number of ether oxygens (including phenoxy) is 1. The number of carbonyl (C=O) groups excluding carboxylic acids is 1. The zero-order chi connectivity index (χ0) is 27.8. The third-order valence-corrected chi connectivity index (χ3v) is 7.06. The van der Waals surface area contributed by atoms with Crippen LogP contribution in [0.5, 0.6) is 0 Å². The third-order valence-electron chi connectivity index (χ3n) is 7.06. The molecule has 0 aliphatic heterocycles. The summed E-state index contributed by atoms with van der Waals surface area (Å²) in [6.45, 7) is 2.09. The van der Waals surface area contributed by atoms with Crippen LogP contribution in [0.1, 0.15) is 41.6 Å². The van der Waals surface area contributed by atoms with Crippen molar-refractivity contribution < 1.29 is 9.53 Å². The van der Waals surface area contributed by atoms with Crippen molar-refractivity contribution in [3.63, 3.8) is 0 Å². The molecule has 5 nitrogen and oxygen atoms in total.